The molecular formula is C9H13NO2. The Labute approximate surface area is 72.0 Å². The first-order valence-corrected chi connectivity index (χ1v) is 3.81. The third-order valence-electron chi connectivity index (χ3n) is 2.04. The summed E-state index contributed by atoms with van der Waals surface area (Å²) in [7, 11) is 1.39. The number of rotatable bonds is 0. The highest BCUT2D eigenvalue weighted by molar-refractivity contribution is 5.73. The summed E-state index contributed by atoms with van der Waals surface area (Å²) in [5.74, 6) is 0. The Morgan fingerprint density at radius 1 is 1.42 bits per heavy atom. The highest BCUT2D eigenvalue weighted by Gasteiger charge is 2.11. The molecule has 0 radical (unpaired) electrons. The molecule has 12 heavy (non-hydrogen) atoms. The maximum absolute atomic E-state index is 11.2. The van der Waals surface area contributed by atoms with Gasteiger partial charge in [0.15, 0.2) is 0 Å². The second kappa shape index (κ2) is 3.01. The lowest BCUT2D eigenvalue weighted by Crippen LogP contribution is -2.14. The van der Waals surface area contributed by atoms with E-state index in [4.69, 9.17) is 0 Å². The minimum atomic E-state index is -0.321. The van der Waals surface area contributed by atoms with Gasteiger partial charge in [-0.2, -0.15) is 0 Å². The number of aromatic nitrogens is 1. The van der Waals surface area contributed by atoms with Crippen LogP contribution in [0.1, 0.15) is 17.0 Å². The van der Waals surface area contributed by atoms with E-state index in [-0.39, 0.29) is 6.09 Å². The number of hydrogen-bond donors (Lipinski definition) is 0. The smallest absolute Gasteiger partial charge is 0.418 e. The SMILES string of the molecule is COC(=O)n1c(C)cc(C)c1C. The van der Waals surface area contributed by atoms with Gasteiger partial charge in [-0.15, -0.1) is 0 Å². The quantitative estimate of drug-likeness (QED) is 0.592. The van der Waals surface area contributed by atoms with Crippen molar-refractivity contribution in [2.24, 2.45) is 0 Å². The van der Waals surface area contributed by atoms with Crippen LogP contribution in [-0.2, 0) is 4.74 Å². The number of hydrogen-bond acceptors (Lipinski definition) is 2. The van der Waals surface area contributed by atoms with Crippen molar-refractivity contribution in [3.63, 3.8) is 0 Å². The molecule has 0 spiro atoms. The van der Waals surface area contributed by atoms with E-state index in [9.17, 15) is 4.79 Å². The highest BCUT2D eigenvalue weighted by atomic mass is 16.5. The second-order valence-electron chi connectivity index (χ2n) is 2.86. The molecule has 0 aromatic carbocycles. The Kier molecular flexibility index (Phi) is 2.22. The van der Waals surface area contributed by atoms with Crippen molar-refractivity contribution in [1.82, 2.24) is 4.57 Å². The molecule has 0 unspecified atom stereocenters. The Hall–Kier alpha value is -1.25. The largest absolute Gasteiger partial charge is 0.452 e. The molecular weight excluding hydrogens is 154 g/mol. The van der Waals surface area contributed by atoms with E-state index in [0.717, 1.165) is 17.0 Å². The van der Waals surface area contributed by atoms with Crippen LogP contribution in [0.25, 0.3) is 0 Å². The number of methoxy groups -OCH3 is 1. The molecule has 1 aromatic rings. The summed E-state index contributed by atoms with van der Waals surface area (Å²) < 4.78 is 6.20. The van der Waals surface area contributed by atoms with Gasteiger partial charge in [0.2, 0.25) is 0 Å². The lowest BCUT2D eigenvalue weighted by atomic mass is 10.3. The van der Waals surface area contributed by atoms with Gasteiger partial charge in [-0.05, 0) is 32.4 Å². The zero-order valence-corrected chi connectivity index (χ0v) is 7.84. The third-order valence-corrected chi connectivity index (χ3v) is 2.04. The first kappa shape index (κ1) is 8.84. The van der Waals surface area contributed by atoms with E-state index in [2.05, 4.69) is 4.74 Å². The summed E-state index contributed by atoms with van der Waals surface area (Å²) in [6.07, 6.45) is -0.321. The molecule has 1 aromatic heterocycles. The maximum Gasteiger partial charge on any atom is 0.418 e. The van der Waals surface area contributed by atoms with Crippen LogP contribution in [0.3, 0.4) is 0 Å². The van der Waals surface area contributed by atoms with Gasteiger partial charge < -0.3 is 4.74 Å². The van der Waals surface area contributed by atoms with Gasteiger partial charge in [-0.25, -0.2) is 4.79 Å². The normalized spacial score (nSPS) is 10.0. The Morgan fingerprint density at radius 2 is 2.00 bits per heavy atom. The summed E-state index contributed by atoms with van der Waals surface area (Å²) in [6, 6.07) is 1.96. The van der Waals surface area contributed by atoms with E-state index in [1.54, 1.807) is 4.57 Å². The molecule has 0 fully saturated rings. The fourth-order valence-electron chi connectivity index (χ4n) is 1.30. The van der Waals surface area contributed by atoms with Crippen LogP contribution in [0.4, 0.5) is 4.79 Å². The molecule has 0 N–H and O–H groups in total. The van der Waals surface area contributed by atoms with Crippen LogP contribution in [0.5, 0.6) is 0 Å². The van der Waals surface area contributed by atoms with Crippen molar-refractivity contribution < 1.29 is 9.53 Å². The fraction of sp³-hybridized carbons (Fsp3) is 0.444. The second-order valence-corrected chi connectivity index (χ2v) is 2.86. The standard InChI is InChI=1S/C9H13NO2/c1-6-5-7(2)10(8(6)3)9(11)12-4/h5H,1-4H3. The van der Waals surface area contributed by atoms with E-state index < -0.39 is 0 Å². The van der Waals surface area contributed by atoms with Crippen molar-refractivity contribution in [3.8, 4) is 0 Å². The molecule has 0 saturated heterocycles. The van der Waals surface area contributed by atoms with Gasteiger partial charge in [0.25, 0.3) is 0 Å². The molecule has 0 aliphatic heterocycles. The lowest BCUT2D eigenvalue weighted by Gasteiger charge is -2.04. The molecule has 0 atom stereocenters. The van der Waals surface area contributed by atoms with Gasteiger partial charge >= 0.3 is 6.09 Å². The molecule has 0 amide bonds. The van der Waals surface area contributed by atoms with Gasteiger partial charge in [-0.3, -0.25) is 4.57 Å². The molecule has 1 rings (SSSR count). The molecule has 0 aliphatic rings. The van der Waals surface area contributed by atoms with Crippen molar-refractivity contribution in [2.75, 3.05) is 7.11 Å². The Bertz CT molecular complexity index is 313. The molecule has 0 bridgehead atoms. The molecule has 66 valence electrons. The minimum Gasteiger partial charge on any atom is -0.452 e. The van der Waals surface area contributed by atoms with E-state index in [1.807, 2.05) is 26.8 Å². The van der Waals surface area contributed by atoms with Crippen LogP contribution in [0.2, 0.25) is 0 Å². The summed E-state index contributed by atoms with van der Waals surface area (Å²) in [5, 5.41) is 0. The zero-order chi connectivity index (χ0) is 9.30. The molecule has 0 aliphatic carbocycles. The third kappa shape index (κ3) is 1.22. The van der Waals surface area contributed by atoms with Crippen LogP contribution >= 0.6 is 0 Å². The van der Waals surface area contributed by atoms with E-state index >= 15 is 0 Å². The van der Waals surface area contributed by atoms with Gasteiger partial charge in [-0.1, -0.05) is 0 Å². The minimum absolute atomic E-state index is 0.321. The van der Waals surface area contributed by atoms with Crippen molar-refractivity contribution >= 4 is 6.09 Å². The van der Waals surface area contributed by atoms with Crippen molar-refractivity contribution in [3.05, 3.63) is 23.0 Å². The summed E-state index contributed by atoms with van der Waals surface area (Å²) in [5.41, 5.74) is 2.97. The number of nitrogens with zero attached hydrogens (tertiary/aromatic N) is 1. The van der Waals surface area contributed by atoms with Crippen LogP contribution < -0.4 is 0 Å². The molecule has 3 heteroatoms. The summed E-state index contributed by atoms with van der Waals surface area (Å²) >= 11 is 0. The maximum atomic E-state index is 11.2. The van der Waals surface area contributed by atoms with Gasteiger partial charge in [0, 0.05) is 11.4 Å². The van der Waals surface area contributed by atoms with Crippen LogP contribution in [0, 0.1) is 20.8 Å². The average Bonchev–Trinajstić information content (AvgIpc) is 2.26. The Morgan fingerprint density at radius 3 is 2.33 bits per heavy atom. The monoisotopic (exact) mass is 167 g/mol. The summed E-state index contributed by atoms with van der Waals surface area (Å²) in [6.45, 7) is 5.76. The first-order valence-electron chi connectivity index (χ1n) is 3.81. The number of ether oxygens (including phenoxy) is 1. The average molecular weight is 167 g/mol. The van der Waals surface area contributed by atoms with Gasteiger partial charge in [0.1, 0.15) is 0 Å². The zero-order valence-electron chi connectivity index (χ0n) is 7.84. The highest BCUT2D eigenvalue weighted by Crippen LogP contribution is 2.13. The number of carbonyl (C=O) groups is 1. The van der Waals surface area contributed by atoms with Crippen molar-refractivity contribution in [1.29, 1.82) is 0 Å². The summed E-state index contributed by atoms with van der Waals surface area (Å²) in [4.78, 5) is 11.2. The number of aryl methyl sites for hydroxylation is 2. The molecule has 3 nitrogen and oxygen atoms in total. The van der Waals surface area contributed by atoms with E-state index in [0.29, 0.717) is 0 Å². The van der Waals surface area contributed by atoms with Gasteiger partial charge in [0.05, 0.1) is 7.11 Å². The first-order chi connectivity index (χ1) is 5.57. The van der Waals surface area contributed by atoms with Crippen LogP contribution in [-0.4, -0.2) is 17.8 Å². The van der Waals surface area contributed by atoms with Crippen molar-refractivity contribution in [2.45, 2.75) is 20.8 Å². The fourth-order valence-corrected chi connectivity index (χ4v) is 1.30. The predicted molar refractivity (Wildman–Crippen MR) is 46.4 cm³/mol. The van der Waals surface area contributed by atoms with E-state index in [1.165, 1.54) is 7.11 Å². The van der Waals surface area contributed by atoms with Crippen LogP contribution in [0.15, 0.2) is 6.07 Å². The molecule has 1 heterocycles. The Balaban J connectivity index is 3.22. The predicted octanol–water partition coefficient (Wildman–Crippen LogP) is 2.03. The number of carbonyl (C=O) groups excluding carboxylic acids is 1. The molecule has 0 saturated carbocycles. The topological polar surface area (TPSA) is 31.2 Å². The lowest BCUT2D eigenvalue weighted by molar-refractivity contribution is 0.172.